The van der Waals surface area contributed by atoms with Crippen molar-refractivity contribution in [2.24, 2.45) is 5.10 Å². The normalized spacial score (nSPS) is 10.5. The van der Waals surface area contributed by atoms with Gasteiger partial charge in [-0.1, -0.05) is 18.2 Å². The van der Waals surface area contributed by atoms with Crippen LogP contribution in [0.5, 0.6) is 5.75 Å². The molecule has 0 unspecified atom stereocenters. The van der Waals surface area contributed by atoms with Gasteiger partial charge in [0.1, 0.15) is 11.6 Å². The van der Waals surface area contributed by atoms with E-state index in [2.05, 4.69) is 10.5 Å². The molecule has 0 aliphatic heterocycles. The zero-order chi connectivity index (χ0) is 14.4. The first kappa shape index (κ1) is 13.7. The number of hydrazone groups is 1. The predicted octanol–water partition coefficient (Wildman–Crippen LogP) is 2.60. The molecular weight excluding hydrogens is 259 g/mol. The maximum atomic E-state index is 12.9. The summed E-state index contributed by atoms with van der Waals surface area (Å²) in [6.07, 6.45) is 1.38. The highest BCUT2D eigenvalue weighted by molar-refractivity contribution is 5.95. The summed E-state index contributed by atoms with van der Waals surface area (Å²) >= 11 is 0. The van der Waals surface area contributed by atoms with Crippen molar-refractivity contribution in [2.45, 2.75) is 0 Å². The molecule has 0 aliphatic rings. The molecule has 0 saturated heterocycles. The number of nitrogens with zero attached hydrogens (tertiary/aromatic N) is 1. The molecule has 0 aliphatic carbocycles. The van der Waals surface area contributed by atoms with E-state index < -0.39 is 0 Å². The molecule has 0 heterocycles. The molecule has 20 heavy (non-hydrogen) atoms. The van der Waals surface area contributed by atoms with E-state index >= 15 is 0 Å². The molecule has 0 atom stereocenters. The van der Waals surface area contributed by atoms with Gasteiger partial charge in [0.25, 0.3) is 5.91 Å². The van der Waals surface area contributed by atoms with Gasteiger partial charge < -0.3 is 4.74 Å². The van der Waals surface area contributed by atoms with E-state index in [9.17, 15) is 9.18 Å². The Kier molecular flexibility index (Phi) is 4.44. The van der Waals surface area contributed by atoms with Crippen molar-refractivity contribution >= 4 is 12.1 Å². The van der Waals surface area contributed by atoms with Crippen molar-refractivity contribution in [1.29, 1.82) is 0 Å². The van der Waals surface area contributed by atoms with Crippen molar-refractivity contribution in [3.05, 3.63) is 65.5 Å². The average molecular weight is 272 g/mol. The van der Waals surface area contributed by atoms with E-state index in [4.69, 9.17) is 4.74 Å². The Morgan fingerprint density at radius 3 is 2.80 bits per heavy atom. The van der Waals surface area contributed by atoms with Crippen molar-refractivity contribution in [3.8, 4) is 5.75 Å². The second kappa shape index (κ2) is 6.47. The molecular formula is C15H13FN2O2. The van der Waals surface area contributed by atoms with Gasteiger partial charge in [0.15, 0.2) is 0 Å². The van der Waals surface area contributed by atoms with E-state index in [0.29, 0.717) is 16.9 Å². The molecule has 0 fully saturated rings. The zero-order valence-corrected chi connectivity index (χ0v) is 10.8. The van der Waals surface area contributed by atoms with Crippen LogP contribution in [0.3, 0.4) is 0 Å². The fourth-order valence-corrected chi connectivity index (χ4v) is 1.58. The lowest BCUT2D eigenvalue weighted by Gasteiger charge is -2.02. The minimum absolute atomic E-state index is 0.354. The maximum absolute atomic E-state index is 12.9. The number of rotatable bonds is 4. The minimum atomic E-state index is -0.364. The largest absolute Gasteiger partial charge is 0.497 e. The lowest BCUT2D eigenvalue weighted by atomic mass is 10.2. The van der Waals surface area contributed by atoms with Crippen LogP contribution in [-0.2, 0) is 0 Å². The monoisotopic (exact) mass is 272 g/mol. The number of nitrogens with one attached hydrogen (secondary N) is 1. The van der Waals surface area contributed by atoms with Crippen LogP contribution in [0.4, 0.5) is 4.39 Å². The molecule has 0 saturated carbocycles. The Bertz CT molecular complexity index is 641. The van der Waals surface area contributed by atoms with E-state index in [1.165, 1.54) is 25.5 Å². The number of methoxy groups -OCH3 is 1. The van der Waals surface area contributed by atoms with Crippen LogP contribution in [0, 0.1) is 5.82 Å². The van der Waals surface area contributed by atoms with Gasteiger partial charge in [-0.3, -0.25) is 4.79 Å². The van der Waals surface area contributed by atoms with Gasteiger partial charge in [0, 0.05) is 5.56 Å². The Labute approximate surface area is 115 Å². The summed E-state index contributed by atoms with van der Waals surface area (Å²) in [6.45, 7) is 0. The lowest BCUT2D eigenvalue weighted by molar-refractivity contribution is 0.0955. The second-order valence-corrected chi connectivity index (χ2v) is 3.99. The molecule has 1 amide bonds. The molecule has 2 aromatic rings. The van der Waals surface area contributed by atoms with Gasteiger partial charge >= 0.3 is 0 Å². The Hall–Kier alpha value is -2.69. The van der Waals surface area contributed by atoms with Crippen molar-refractivity contribution < 1.29 is 13.9 Å². The number of ether oxygens (including phenoxy) is 1. The number of hydrogen-bond acceptors (Lipinski definition) is 3. The third kappa shape index (κ3) is 3.65. The third-order valence-electron chi connectivity index (χ3n) is 2.56. The molecule has 2 rings (SSSR count). The quantitative estimate of drug-likeness (QED) is 0.687. The van der Waals surface area contributed by atoms with Crippen LogP contribution in [0.1, 0.15) is 15.9 Å². The van der Waals surface area contributed by atoms with Crippen LogP contribution in [0.25, 0.3) is 0 Å². The Balaban J connectivity index is 2.01. The van der Waals surface area contributed by atoms with Gasteiger partial charge in [-0.25, -0.2) is 9.82 Å². The number of hydrogen-bond donors (Lipinski definition) is 1. The van der Waals surface area contributed by atoms with Crippen LogP contribution in [0.2, 0.25) is 0 Å². The summed E-state index contributed by atoms with van der Waals surface area (Å²) in [4.78, 5) is 11.8. The standard InChI is InChI=1S/C15H13FN2O2/c1-20-14-7-3-5-12(9-14)15(19)18-17-10-11-4-2-6-13(16)8-11/h2-10H,1H3,(H,18,19)/b17-10+. The fraction of sp³-hybridized carbons (Fsp3) is 0.0667. The Morgan fingerprint density at radius 2 is 2.05 bits per heavy atom. The fourth-order valence-electron chi connectivity index (χ4n) is 1.58. The smallest absolute Gasteiger partial charge is 0.271 e. The number of carbonyl (C=O) groups excluding carboxylic acids is 1. The van der Waals surface area contributed by atoms with Gasteiger partial charge in [-0.05, 0) is 35.9 Å². The summed E-state index contributed by atoms with van der Waals surface area (Å²) in [5, 5.41) is 3.78. The molecule has 2 aromatic carbocycles. The lowest BCUT2D eigenvalue weighted by Crippen LogP contribution is -2.17. The van der Waals surface area contributed by atoms with E-state index in [0.717, 1.165) is 0 Å². The summed E-state index contributed by atoms with van der Waals surface area (Å²) in [7, 11) is 1.53. The van der Waals surface area contributed by atoms with Gasteiger partial charge in [-0.2, -0.15) is 5.10 Å². The number of halogens is 1. The minimum Gasteiger partial charge on any atom is -0.497 e. The van der Waals surface area contributed by atoms with Gasteiger partial charge in [-0.15, -0.1) is 0 Å². The SMILES string of the molecule is COc1cccc(C(=O)N/N=C/c2cccc(F)c2)c1. The van der Waals surface area contributed by atoms with Crippen molar-refractivity contribution in [1.82, 2.24) is 5.43 Å². The molecule has 0 bridgehead atoms. The van der Waals surface area contributed by atoms with Crippen molar-refractivity contribution in [2.75, 3.05) is 7.11 Å². The van der Waals surface area contributed by atoms with Crippen LogP contribution >= 0.6 is 0 Å². The first-order chi connectivity index (χ1) is 9.69. The van der Waals surface area contributed by atoms with Crippen molar-refractivity contribution in [3.63, 3.8) is 0 Å². The summed E-state index contributed by atoms with van der Waals surface area (Å²) < 4.78 is 18.0. The molecule has 0 radical (unpaired) electrons. The molecule has 0 aromatic heterocycles. The van der Waals surface area contributed by atoms with E-state index in [1.54, 1.807) is 36.4 Å². The molecule has 5 heteroatoms. The highest BCUT2D eigenvalue weighted by Gasteiger charge is 2.04. The predicted molar refractivity (Wildman–Crippen MR) is 74.5 cm³/mol. The summed E-state index contributed by atoms with van der Waals surface area (Å²) in [5.41, 5.74) is 3.37. The highest BCUT2D eigenvalue weighted by atomic mass is 19.1. The van der Waals surface area contributed by atoms with E-state index in [-0.39, 0.29) is 11.7 Å². The topological polar surface area (TPSA) is 50.7 Å². The third-order valence-corrected chi connectivity index (χ3v) is 2.56. The second-order valence-electron chi connectivity index (χ2n) is 3.99. The zero-order valence-electron chi connectivity index (χ0n) is 10.8. The molecule has 4 nitrogen and oxygen atoms in total. The van der Waals surface area contributed by atoms with Gasteiger partial charge in [0.05, 0.1) is 13.3 Å². The highest BCUT2D eigenvalue weighted by Crippen LogP contribution is 2.12. The first-order valence-electron chi connectivity index (χ1n) is 5.92. The molecule has 0 spiro atoms. The van der Waals surface area contributed by atoms with Crippen LogP contribution < -0.4 is 10.2 Å². The summed E-state index contributed by atoms with van der Waals surface area (Å²) in [6, 6.07) is 12.6. The average Bonchev–Trinajstić information content (AvgIpc) is 2.47. The van der Waals surface area contributed by atoms with Crippen LogP contribution in [0.15, 0.2) is 53.6 Å². The van der Waals surface area contributed by atoms with E-state index in [1.807, 2.05) is 0 Å². The number of amides is 1. The maximum Gasteiger partial charge on any atom is 0.271 e. The van der Waals surface area contributed by atoms with Gasteiger partial charge in [0.2, 0.25) is 0 Å². The van der Waals surface area contributed by atoms with Crippen LogP contribution in [-0.4, -0.2) is 19.2 Å². The molecule has 1 N–H and O–H groups in total. The number of benzene rings is 2. The molecule has 102 valence electrons. The Morgan fingerprint density at radius 1 is 1.25 bits per heavy atom. The first-order valence-corrected chi connectivity index (χ1v) is 5.92. The number of carbonyl (C=O) groups is 1. The summed E-state index contributed by atoms with van der Waals surface area (Å²) in [5.74, 6) is -0.128.